The third-order valence-electron chi connectivity index (χ3n) is 5.02. The molecular formula is C23H22N2O4S. The first-order chi connectivity index (χ1) is 14.5. The Kier molecular flexibility index (Phi) is 5.83. The topological polar surface area (TPSA) is 84.5 Å². The van der Waals surface area contributed by atoms with Crippen LogP contribution >= 0.6 is 0 Å². The molecule has 30 heavy (non-hydrogen) atoms. The van der Waals surface area contributed by atoms with Gasteiger partial charge in [-0.1, -0.05) is 60.7 Å². The van der Waals surface area contributed by atoms with E-state index in [1.807, 2.05) is 36.4 Å². The summed E-state index contributed by atoms with van der Waals surface area (Å²) in [7, 11) is -3.73. The molecule has 1 heterocycles. The highest BCUT2D eigenvalue weighted by molar-refractivity contribution is 7.89. The lowest BCUT2D eigenvalue weighted by atomic mass is 9.89. The molecule has 4 rings (SSSR count). The lowest BCUT2D eigenvalue weighted by Crippen LogP contribution is -2.28. The zero-order valence-electron chi connectivity index (χ0n) is 16.2. The van der Waals surface area contributed by atoms with Crippen LogP contribution in [-0.4, -0.2) is 27.5 Å². The Bertz CT molecular complexity index is 1090. The number of carbonyl (C=O) groups excluding carboxylic acids is 1. The smallest absolute Gasteiger partial charge is 0.262 e. The number of fused-ring (bicyclic) bond motifs is 1. The first-order valence-electron chi connectivity index (χ1n) is 9.69. The Labute approximate surface area is 176 Å². The average Bonchev–Trinajstić information content (AvgIpc) is 2.77. The van der Waals surface area contributed by atoms with Crippen molar-refractivity contribution in [3.05, 3.63) is 90.0 Å². The molecule has 1 amide bonds. The third-order valence-corrected chi connectivity index (χ3v) is 6.48. The van der Waals surface area contributed by atoms with E-state index in [9.17, 15) is 13.2 Å². The van der Waals surface area contributed by atoms with Crippen LogP contribution in [0, 0.1) is 0 Å². The second-order valence-corrected chi connectivity index (χ2v) is 8.82. The van der Waals surface area contributed by atoms with Crippen molar-refractivity contribution in [2.75, 3.05) is 18.5 Å². The van der Waals surface area contributed by atoms with Gasteiger partial charge in [-0.15, -0.1) is 0 Å². The van der Waals surface area contributed by atoms with Crippen LogP contribution in [0.3, 0.4) is 0 Å². The number of carbonyl (C=O) groups is 1. The zero-order valence-corrected chi connectivity index (χ0v) is 17.1. The molecule has 0 unspecified atom stereocenters. The van der Waals surface area contributed by atoms with Gasteiger partial charge in [0.25, 0.3) is 5.91 Å². The first kappa shape index (κ1) is 20.1. The molecule has 0 aromatic heterocycles. The lowest BCUT2D eigenvalue weighted by molar-refractivity contribution is -0.118. The van der Waals surface area contributed by atoms with Crippen molar-refractivity contribution in [3.63, 3.8) is 0 Å². The minimum atomic E-state index is -3.73. The van der Waals surface area contributed by atoms with Crippen molar-refractivity contribution in [1.29, 1.82) is 0 Å². The number of hydrogen-bond acceptors (Lipinski definition) is 4. The van der Waals surface area contributed by atoms with E-state index in [0.29, 0.717) is 17.9 Å². The fraction of sp³-hybridized carbons (Fsp3) is 0.174. The number of sulfonamides is 1. The number of rotatable bonds is 7. The molecule has 3 aromatic carbocycles. The monoisotopic (exact) mass is 422 g/mol. The summed E-state index contributed by atoms with van der Waals surface area (Å²) in [5, 5.41) is 2.63. The summed E-state index contributed by atoms with van der Waals surface area (Å²) >= 11 is 0. The van der Waals surface area contributed by atoms with Crippen LogP contribution in [0.25, 0.3) is 0 Å². The van der Waals surface area contributed by atoms with E-state index in [4.69, 9.17) is 4.74 Å². The van der Waals surface area contributed by atoms with Crippen molar-refractivity contribution in [2.24, 2.45) is 0 Å². The fourth-order valence-corrected chi connectivity index (χ4v) is 4.62. The van der Waals surface area contributed by atoms with E-state index in [1.165, 1.54) is 12.1 Å². The van der Waals surface area contributed by atoms with Gasteiger partial charge in [0, 0.05) is 12.5 Å². The quantitative estimate of drug-likeness (QED) is 0.610. The molecular weight excluding hydrogens is 400 g/mol. The Morgan fingerprint density at radius 3 is 2.20 bits per heavy atom. The van der Waals surface area contributed by atoms with Gasteiger partial charge < -0.3 is 10.1 Å². The van der Waals surface area contributed by atoms with Gasteiger partial charge in [0.2, 0.25) is 10.0 Å². The number of nitrogens with one attached hydrogen (secondary N) is 2. The number of hydrogen-bond donors (Lipinski definition) is 2. The molecule has 0 atom stereocenters. The fourth-order valence-electron chi connectivity index (χ4n) is 3.55. The van der Waals surface area contributed by atoms with Crippen LogP contribution in [0.1, 0.15) is 23.5 Å². The van der Waals surface area contributed by atoms with E-state index in [1.54, 1.807) is 6.07 Å². The van der Waals surface area contributed by atoms with Gasteiger partial charge in [-0.2, -0.15) is 0 Å². The maximum absolute atomic E-state index is 12.8. The second kappa shape index (κ2) is 8.69. The number of anilines is 1. The van der Waals surface area contributed by atoms with E-state index >= 15 is 0 Å². The van der Waals surface area contributed by atoms with E-state index in [2.05, 4.69) is 34.3 Å². The van der Waals surface area contributed by atoms with Crippen molar-refractivity contribution in [3.8, 4) is 5.75 Å². The molecule has 0 bridgehead atoms. The minimum Gasteiger partial charge on any atom is -0.482 e. The van der Waals surface area contributed by atoms with Gasteiger partial charge in [-0.25, -0.2) is 13.1 Å². The molecule has 0 fully saturated rings. The van der Waals surface area contributed by atoms with Gasteiger partial charge in [-0.05, 0) is 35.7 Å². The van der Waals surface area contributed by atoms with Gasteiger partial charge in [0.15, 0.2) is 6.61 Å². The van der Waals surface area contributed by atoms with Crippen LogP contribution in [0.2, 0.25) is 0 Å². The van der Waals surface area contributed by atoms with Crippen LogP contribution in [0.4, 0.5) is 5.69 Å². The summed E-state index contributed by atoms with van der Waals surface area (Å²) in [6.45, 7) is 0.203. The van der Waals surface area contributed by atoms with Gasteiger partial charge >= 0.3 is 0 Å². The highest BCUT2D eigenvalue weighted by Gasteiger charge is 2.21. The minimum absolute atomic E-state index is 0.0717. The summed E-state index contributed by atoms with van der Waals surface area (Å²) < 4.78 is 33.5. The molecule has 7 heteroatoms. The summed E-state index contributed by atoms with van der Waals surface area (Å²) in [5.74, 6) is 0.228. The molecule has 0 aliphatic carbocycles. The normalized spacial score (nSPS) is 13.4. The highest BCUT2D eigenvalue weighted by atomic mass is 32.2. The maximum atomic E-state index is 12.8. The van der Waals surface area contributed by atoms with E-state index < -0.39 is 10.0 Å². The molecule has 154 valence electrons. The summed E-state index contributed by atoms with van der Waals surface area (Å²) in [4.78, 5) is 11.6. The second-order valence-electron chi connectivity index (χ2n) is 7.06. The summed E-state index contributed by atoms with van der Waals surface area (Å²) in [5.41, 5.74) is 2.63. The van der Waals surface area contributed by atoms with Gasteiger partial charge in [-0.3, -0.25) is 4.79 Å². The molecule has 0 saturated heterocycles. The first-order valence-corrected chi connectivity index (χ1v) is 11.2. The van der Waals surface area contributed by atoms with Crippen LogP contribution in [-0.2, 0) is 14.8 Å². The van der Waals surface area contributed by atoms with Crippen molar-refractivity contribution in [2.45, 2.75) is 17.2 Å². The molecule has 1 aliphatic heterocycles. The predicted octanol–water partition coefficient (Wildman–Crippen LogP) is 3.52. The van der Waals surface area contributed by atoms with Gasteiger partial charge in [0.05, 0.1) is 10.6 Å². The average molecular weight is 423 g/mol. The molecule has 2 N–H and O–H groups in total. The van der Waals surface area contributed by atoms with E-state index in [0.717, 1.165) is 11.1 Å². The molecule has 0 spiro atoms. The van der Waals surface area contributed by atoms with Crippen LogP contribution in [0.5, 0.6) is 5.75 Å². The van der Waals surface area contributed by atoms with E-state index in [-0.39, 0.29) is 29.9 Å². The largest absolute Gasteiger partial charge is 0.482 e. The number of benzene rings is 3. The molecule has 1 aliphatic rings. The Balaban J connectivity index is 1.49. The Morgan fingerprint density at radius 2 is 1.57 bits per heavy atom. The van der Waals surface area contributed by atoms with Crippen molar-refractivity contribution in [1.82, 2.24) is 4.72 Å². The highest BCUT2D eigenvalue weighted by Crippen LogP contribution is 2.30. The summed E-state index contributed by atoms with van der Waals surface area (Å²) in [6.07, 6.45) is 0.609. The molecule has 0 radical (unpaired) electrons. The number of ether oxygens (including phenoxy) is 1. The van der Waals surface area contributed by atoms with Crippen LogP contribution < -0.4 is 14.8 Å². The SMILES string of the molecule is O=C1COc2ccc(S(=O)(=O)NCCC(c3ccccc3)c3ccccc3)cc2N1. The van der Waals surface area contributed by atoms with Crippen molar-refractivity contribution < 1.29 is 17.9 Å². The van der Waals surface area contributed by atoms with Crippen molar-refractivity contribution >= 4 is 21.6 Å². The maximum Gasteiger partial charge on any atom is 0.262 e. The third kappa shape index (κ3) is 4.53. The molecule has 0 saturated carbocycles. The number of amides is 1. The van der Waals surface area contributed by atoms with Crippen LogP contribution in [0.15, 0.2) is 83.8 Å². The predicted molar refractivity (Wildman–Crippen MR) is 115 cm³/mol. The Hall–Kier alpha value is -3.16. The molecule has 6 nitrogen and oxygen atoms in total. The zero-order chi connectivity index (χ0) is 21.0. The summed E-state index contributed by atoms with van der Waals surface area (Å²) in [6, 6.07) is 24.5. The Morgan fingerprint density at radius 1 is 0.933 bits per heavy atom. The van der Waals surface area contributed by atoms with Gasteiger partial charge in [0.1, 0.15) is 5.75 Å². The lowest BCUT2D eigenvalue weighted by Gasteiger charge is -2.20. The standard InChI is InChI=1S/C23H22N2O4S/c26-23-16-29-22-12-11-19(15-21(22)25-23)30(27,28)24-14-13-20(17-7-3-1-4-8-17)18-9-5-2-6-10-18/h1-12,15,20,24H,13-14,16H2,(H,25,26). The molecule has 3 aromatic rings.